The van der Waals surface area contributed by atoms with E-state index in [0.717, 1.165) is 41.0 Å². The predicted octanol–water partition coefficient (Wildman–Crippen LogP) is 5.95. The first-order valence-electron chi connectivity index (χ1n) is 13.1. The molecule has 0 radical (unpaired) electrons. The van der Waals surface area contributed by atoms with E-state index in [2.05, 4.69) is 42.6 Å². The molecule has 192 valence electrons. The molecular formula is C32H30N2O4. The first-order valence-corrected chi connectivity index (χ1v) is 13.1. The molecule has 6 nitrogen and oxygen atoms in total. The molecule has 38 heavy (non-hydrogen) atoms. The summed E-state index contributed by atoms with van der Waals surface area (Å²) in [5, 5.41) is 3.56. The molecule has 1 saturated carbocycles. The highest BCUT2D eigenvalue weighted by Crippen LogP contribution is 2.49. The maximum absolute atomic E-state index is 14.0. The van der Waals surface area contributed by atoms with Crippen molar-refractivity contribution in [2.45, 2.75) is 38.1 Å². The zero-order valence-electron chi connectivity index (χ0n) is 21.5. The number of anilines is 2. The van der Waals surface area contributed by atoms with E-state index in [1.165, 1.54) is 12.7 Å². The average Bonchev–Trinajstić information content (AvgIpc) is 3.79. The van der Waals surface area contributed by atoms with E-state index in [0.29, 0.717) is 12.0 Å². The van der Waals surface area contributed by atoms with E-state index in [1.54, 1.807) is 12.1 Å². The van der Waals surface area contributed by atoms with E-state index < -0.39 is 17.9 Å². The topological polar surface area (TPSA) is 75.7 Å². The Morgan fingerprint density at radius 1 is 0.921 bits per heavy atom. The average molecular weight is 507 g/mol. The lowest BCUT2D eigenvalue weighted by atomic mass is 9.76. The summed E-state index contributed by atoms with van der Waals surface area (Å²) in [6, 6.07) is 22.6. The highest BCUT2D eigenvalue weighted by Gasteiger charge is 2.47. The number of hydrogen-bond donors (Lipinski definition) is 1. The van der Waals surface area contributed by atoms with Crippen LogP contribution < -0.4 is 10.2 Å². The van der Waals surface area contributed by atoms with Crippen LogP contribution in [0.15, 0.2) is 84.6 Å². The highest BCUT2D eigenvalue weighted by atomic mass is 16.5. The third-order valence-corrected chi connectivity index (χ3v) is 7.86. The van der Waals surface area contributed by atoms with Crippen molar-refractivity contribution in [2.75, 3.05) is 17.3 Å². The van der Waals surface area contributed by atoms with Crippen molar-refractivity contribution < 1.29 is 19.1 Å². The summed E-state index contributed by atoms with van der Waals surface area (Å²) in [4.78, 5) is 41.9. The molecule has 6 rings (SSSR count). The number of benzene rings is 3. The van der Waals surface area contributed by atoms with Gasteiger partial charge in [0.05, 0.1) is 36.0 Å². The predicted molar refractivity (Wildman–Crippen MR) is 146 cm³/mol. The Labute approximate surface area is 222 Å². The number of methoxy groups -OCH3 is 1. The van der Waals surface area contributed by atoms with Gasteiger partial charge in [-0.3, -0.25) is 9.59 Å². The molecule has 1 amide bonds. The van der Waals surface area contributed by atoms with Gasteiger partial charge < -0.3 is 15.0 Å². The van der Waals surface area contributed by atoms with Crippen LogP contribution in [0.25, 0.3) is 0 Å². The lowest BCUT2D eigenvalue weighted by molar-refractivity contribution is -0.124. The smallest absolute Gasteiger partial charge is 0.337 e. The summed E-state index contributed by atoms with van der Waals surface area (Å²) in [6.07, 6.45) is 4.23. The van der Waals surface area contributed by atoms with E-state index in [1.807, 2.05) is 41.3 Å². The second-order valence-corrected chi connectivity index (χ2v) is 10.5. The van der Waals surface area contributed by atoms with Crippen molar-refractivity contribution in [3.8, 4) is 0 Å². The Morgan fingerprint density at radius 3 is 2.29 bits per heavy atom. The molecule has 1 N–H and O–H groups in total. The van der Waals surface area contributed by atoms with Gasteiger partial charge in [-0.25, -0.2) is 4.79 Å². The summed E-state index contributed by atoms with van der Waals surface area (Å²) in [5.74, 6) is -0.951. The van der Waals surface area contributed by atoms with Crippen LogP contribution in [-0.2, 0) is 14.3 Å². The summed E-state index contributed by atoms with van der Waals surface area (Å²) in [6.45, 7) is 2.05. The van der Waals surface area contributed by atoms with Gasteiger partial charge >= 0.3 is 5.97 Å². The maximum Gasteiger partial charge on any atom is 0.337 e. The first kappa shape index (κ1) is 24.2. The second kappa shape index (κ2) is 9.60. The van der Waals surface area contributed by atoms with Gasteiger partial charge in [-0.2, -0.15) is 0 Å². The minimum Gasteiger partial charge on any atom is -0.465 e. The molecule has 3 aliphatic rings. The fourth-order valence-corrected chi connectivity index (χ4v) is 5.69. The van der Waals surface area contributed by atoms with Crippen molar-refractivity contribution in [1.82, 2.24) is 0 Å². The van der Waals surface area contributed by atoms with Gasteiger partial charge in [-0.05, 0) is 55.2 Å². The van der Waals surface area contributed by atoms with Crippen LogP contribution in [0, 0.1) is 18.8 Å². The van der Waals surface area contributed by atoms with Gasteiger partial charge in [-0.1, -0.05) is 60.2 Å². The Balaban J connectivity index is 1.51. The number of para-hydroxylation sites is 2. The molecule has 0 spiro atoms. The molecule has 3 unspecified atom stereocenters. The highest BCUT2D eigenvalue weighted by molar-refractivity contribution is 6.03. The maximum atomic E-state index is 14.0. The molecule has 3 aromatic carbocycles. The minimum absolute atomic E-state index is 0.0376. The Morgan fingerprint density at radius 2 is 1.61 bits per heavy atom. The molecule has 0 aromatic heterocycles. The number of allylic oxidation sites excluding steroid dienone is 1. The number of carbonyl (C=O) groups is 3. The molecule has 6 heteroatoms. The zero-order chi connectivity index (χ0) is 26.4. The molecule has 3 aromatic rings. The van der Waals surface area contributed by atoms with Gasteiger partial charge in [0.2, 0.25) is 5.91 Å². The number of rotatable bonds is 4. The van der Waals surface area contributed by atoms with Gasteiger partial charge in [0, 0.05) is 24.0 Å². The molecule has 2 aliphatic carbocycles. The summed E-state index contributed by atoms with van der Waals surface area (Å²) in [5.41, 5.74) is 5.89. The molecule has 1 heterocycles. The first-order chi connectivity index (χ1) is 18.4. The van der Waals surface area contributed by atoms with Crippen molar-refractivity contribution in [1.29, 1.82) is 0 Å². The van der Waals surface area contributed by atoms with Crippen LogP contribution in [0.1, 0.15) is 58.3 Å². The van der Waals surface area contributed by atoms with Gasteiger partial charge in [0.1, 0.15) is 5.78 Å². The number of carbonyl (C=O) groups excluding carboxylic acids is 3. The zero-order valence-corrected chi connectivity index (χ0v) is 21.5. The largest absolute Gasteiger partial charge is 0.465 e. The van der Waals surface area contributed by atoms with Crippen LogP contribution in [0.2, 0.25) is 0 Å². The molecule has 1 fully saturated rings. The van der Waals surface area contributed by atoms with Crippen molar-refractivity contribution in [2.24, 2.45) is 11.8 Å². The lowest BCUT2D eigenvalue weighted by Gasteiger charge is -2.38. The van der Waals surface area contributed by atoms with Gasteiger partial charge in [0.15, 0.2) is 0 Å². The second-order valence-electron chi connectivity index (χ2n) is 10.5. The van der Waals surface area contributed by atoms with E-state index >= 15 is 0 Å². The van der Waals surface area contributed by atoms with Gasteiger partial charge in [0.25, 0.3) is 0 Å². The number of aryl methyl sites for hydroxylation is 1. The summed E-state index contributed by atoms with van der Waals surface area (Å²) in [7, 11) is 1.35. The Hall–Kier alpha value is -4.19. The van der Waals surface area contributed by atoms with Crippen molar-refractivity contribution in [3.63, 3.8) is 0 Å². The summed E-state index contributed by atoms with van der Waals surface area (Å²) < 4.78 is 4.87. The standard InChI is InChI=1S/C32H30N2O4/c1-19-7-9-20(10-8-19)24-17-26-29(28(35)18-24)30(21-11-15-23(16-12-21)32(37)38-2)34(31(36)22-13-14-22)27-6-4-3-5-25(27)33-26/h3-12,15-17,22,24,29-30,33H,13-14,18H2,1-2H3. The van der Waals surface area contributed by atoms with Crippen molar-refractivity contribution in [3.05, 3.63) is 107 Å². The number of esters is 1. The number of amides is 1. The monoisotopic (exact) mass is 506 g/mol. The molecule has 3 atom stereocenters. The molecular weight excluding hydrogens is 476 g/mol. The number of ether oxygens (including phenoxy) is 1. The van der Waals surface area contributed by atoms with Crippen LogP contribution in [0.4, 0.5) is 11.4 Å². The number of fused-ring (bicyclic) bond motifs is 2. The van der Waals surface area contributed by atoms with E-state index in [9.17, 15) is 14.4 Å². The van der Waals surface area contributed by atoms with E-state index in [4.69, 9.17) is 4.74 Å². The fourth-order valence-electron chi connectivity index (χ4n) is 5.69. The number of nitrogens with zero attached hydrogens (tertiary/aromatic N) is 1. The lowest BCUT2D eigenvalue weighted by Crippen LogP contribution is -2.43. The molecule has 0 bridgehead atoms. The summed E-state index contributed by atoms with van der Waals surface area (Å²) >= 11 is 0. The van der Waals surface area contributed by atoms with Crippen LogP contribution in [0.3, 0.4) is 0 Å². The van der Waals surface area contributed by atoms with Crippen molar-refractivity contribution >= 4 is 29.0 Å². The Kier molecular flexibility index (Phi) is 6.10. The number of Topliss-reactive ketones (excluding diaryl/α,β-unsaturated/α-hetero) is 1. The third-order valence-electron chi connectivity index (χ3n) is 7.86. The normalized spacial score (nSPS) is 22.4. The van der Waals surface area contributed by atoms with E-state index in [-0.39, 0.29) is 23.5 Å². The number of nitrogens with one attached hydrogen (secondary N) is 1. The van der Waals surface area contributed by atoms with Crippen LogP contribution in [-0.4, -0.2) is 24.8 Å². The van der Waals surface area contributed by atoms with Crippen LogP contribution in [0.5, 0.6) is 0 Å². The SMILES string of the molecule is COC(=O)c1ccc(C2C3C(=O)CC(c4ccc(C)cc4)C=C3Nc3ccccc3N2C(=O)C2CC2)cc1. The Bertz CT molecular complexity index is 1440. The van der Waals surface area contributed by atoms with Gasteiger partial charge in [-0.15, -0.1) is 0 Å². The third kappa shape index (κ3) is 4.30. The molecule has 0 saturated heterocycles. The number of hydrogen-bond acceptors (Lipinski definition) is 5. The fraction of sp³-hybridized carbons (Fsp3) is 0.281. The molecule has 1 aliphatic heterocycles. The number of ketones is 1. The van der Waals surface area contributed by atoms with Crippen LogP contribution >= 0.6 is 0 Å². The minimum atomic E-state index is -0.559. The quantitative estimate of drug-likeness (QED) is 0.443.